The number of phenolic OH excluding ortho intramolecular Hbond substituents is 1. The number of phenols is 1. The van der Waals surface area contributed by atoms with E-state index >= 15 is 0 Å². The van der Waals surface area contributed by atoms with Gasteiger partial charge in [-0.05, 0) is 44.0 Å². The van der Waals surface area contributed by atoms with Crippen molar-refractivity contribution in [3.63, 3.8) is 0 Å². The number of ether oxygens (including phenoxy) is 1. The van der Waals surface area contributed by atoms with Gasteiger partial charge in [-0.25, -0.2) is 0 Å². The molecule has 0 saturated carbocycles. The summed E-state index contributed by atoms with van der Waals surface area (Å²) in [4.78, 5) is 0. The van der Waals surface area contributed by atoms with Crippen LogP contribution in [0.3, 0.4) is 0 Å². The van der Waals surface area contributed by atoms with Gasteiger partial charge in [-0.3, -0.25) is 0 Å². The van der Waals surface area contributed by atoms with Gasteiger partial charge in [-0.15, -0.1) is 0 Å². The first-order valence-electron chi connectivity index (χ1n) is 6.98. The summed E-state index contributed by atoms with van der Waals surface area (Å²) in [6.45, 7) is 6.71. The molecule has 3 nitrogen and oxygen atoms in total. The van der Waals surface area contributed by atoms with Crippen molar-refractivity contribution in [2.75, 3.05) is 19.7 Å². The molecule has 0 aromatic heterocycles. The molecule has 0 radical (unpaired) electrons. The quantitative estimate of drug-likeness (QED) is 0.742. The maximum absolute atomic E-state index is 10.1. The van der Waals surface area contributed by atoms with Crippen molar-refractivity contribution in [1.82, 2.24) is 5.32 Å². The van der Waals surface area contributed by atoms with Gasteiger partial charge in [0.25, 0.3) is 0 Å². The molecular formula is C15H23NO2. The molecule has 100 valence electrons. The predicted octanol–water partition coefficient (Wildman–Crippen LogP) is 2.57. The van der Waals surface area contributed by atoms with Gasteiger partial charge in [0.05, 0.1) is 12.2 Å². The third-order valence-electron chi connectivity index (χ3n) is 3.75. The average molecular weight is 249 g/mol. The van der Waals surface area contributed by atoms with Crippen LogP contribution in [0.15, 0.2) is 18.2 Å². The lowest BCUT2D eigenvalue weighted by molar-refractivity contribution is -0.0815. The van der Waals surface area contributed by atoms with Crippen LogP contribution in [0.25, 0.3) is 0 Å². The lowest BCUT2D eigenvalue weighted by atomic mass is 9.79. The Kier molecular flexibility index (Phi) is 4.25. The largest absolute Gasteiger partial charge is 0.508 e. The smallest absolute Gasteiger partial charge is 0.121 e. The summed E-state index contributed by atoms with van der Waals surface area (Å²) in [7, 11) is 0. The topological polar surface area (TPSA) is 41.5 Å². The molecule has 2 aliphatic rings. The van der Waals surface area contributed by atoms with Crippen molar-refractivity contribution in [2.45, 2.75) is 38.7 Å². The summed E-state index contributed by atoms with van der Waals surface area (Å²) < 4.78 is 6.01. The molecule has 0 bridgehead atoms. The number of fused-ring (bicyclic) bond motifs is 2. The summed E-state index contributed by atoms with van der Waals surface area (Å²) in [5, 5.41) is 13.4. The molecule has 1 saturated heterocycles. The van der Waals surface area contributed by atoms with Gasteiger partial charge in [0.1, 0.15) is 5.75 Å². The Morgan fingerprint density at radius 1 is 1.22 bits per heavy atom. The van der Waals surface area contributed by atoms with Crippen LogP contribution in [0.4, 0.5) is 0 Å². The van der Waals surface area contributed by atoms with E-state index in [1.54, 1.807) is 6.07 Å². The normalized spacial score (nSPS) is 20.8. The number of piperidine rings is 1. The standard InChI is InChI=1S/C13H17NO2.C2H6/c15-11-3-1-2-10-4-9-16-13(12(10)11)5-7-14-8-6-13;1-2/h1-3,14-15H,4-9H2;1-2H3. The van der Waals surface area contributed by atoms with Crippen LogP contribution < -0.4 is 5.32 Å². The second-order valence-electron chi connectivity index (χ2n) is 4.65. The van der Waals surface area contributed by atoms with Crippen LogP contribution in [-0.2, 0) is 16.8 Å². The van der Waals surface area contributed by atoms with E-state index in [-0.39, 0.29) is 5.60 Å². The molecule has 2 heterocycles. The van der Waals surface area contributed by atoms with E-state index in [4.69, 9.17) is 4.74 Å². The Balaban J connectivity index is 0.000000574. The van der Waals surface area contributed by atoms with Crippen molar-refractivity contribution >= 4 is 0 Å². The zero-order chi connectivity index (χ0) is 13.0. The van der Waals surface area contributed by atoms with Crippen molar-refractivity contribution in [1.29, 1.82) is 0 Å². The van der Waals surface area contributed by atoms with E-state index in [1.807, 2.05) is 19.9 Å². The molecule has 0 aliphatic carbocycles. The first-order valence-corrected chi connectivity index (χ1v) is 6.98. The Bertz CT molecular complexity index is 397. The van der Waals surface area contributed by atoms with E-state index in [9.17, 15) is 5.11 Å². The fraction of sp³-hybridized carbons (Fsp3) is 0.600. The number of nitrogens with one attached hydrogen (secondary N) is 1. The molecule has 1 aromatic carbocycles. The minimum atomic E-state index is -0.232. The Hall–Kier alpha value is -1.06. The highest BCUT2D eigenvalue weighted by atomic mass is 16.5. The highest BCUT2D eigenvalue weighted by Crippen LogP contribution is 2.44. The molecular weight excluding hydrogens is 226 g/mol. The zero-order valence-electron chi connectivity index (χ0n) is 11.3. The highest BCUT2D eigenvalue weighted by molar-refractivity contribution is 5.45. The van der Waals surface area contributed by atoms with E-state index < -0.39 is 0 Å². The molecule has 18 heavy (non-hydrogen) atoms. The molecule has 1 aromatic rings. The van der Waals surface area contributed by atoms with Crippen LogP contribution in [0.1, 0.15) is 37.8 Å². The van der Waals surface area contributed by atoms with Gasteiger partial charge < -0.3 is 15.2 Å². The second-order valence-corrected chi connectivity index (χ2v) is 4.65. The third kappa shape index (κ3) is 2.25. The van der Waals surface area contributed by atoms with Crippen LogP contribution in [-0.4, -0.2) is 24.8 Å². The third-order valence-corrected chi connectivity index (χ3v) is 3.75. The monoisotopic (exact) mass is 249 g/mol. The number of rotatable bonds is 0. The maximum atomic E-state index is 10.1. The van der Waals surface area contributed by atoms with Gasteiger partial charge in [-0.1, -0.05) is 26.0 Å². The average Bonchev–Trinajstić information content (AvgIpc) is 2.42. The Morgan fingerprint density at radius 3 is 2.67 bits per heavy atom. The number of hydrogen-bond acceptors (Lipinski definition) is 3. The molecule has 0 unspecified atom stereocenters. The fourth-order valence-electron chi connectivity index (χ4n) is 2.97. The minimum absolute atomic E-state index is 0.232. The number of aromatic hydroxyl groups is 1. The fourth-order valence-corrected chi connectivity index (χ4v) is 2.97. The van der Waals surface area contributed by atoms with Gasteiger partial charge in [-0.2, -0.15) is 0 Å². The van der Waals surface area contributed by atoms with Crippen molar-refractivity contribution < 1.29 is 9.84 Å². The first kappa shape index (κ1) is 13.4. The van der Waals surface area contributed by atoms with E-state index in [0.717, 1.165) is 44.5 Å². The molecule has 3 heteroatoms. The summed E-state index contributed by atoms with van der Waals surface area (Å²) in [5.74, 6) is 0.402. The lowest BCUT2D eigenvalue weighted by Gasteiger charge is -2.42. The summed E-state index contributed by atoms with van der Waals surface area (Å²) in [5.41, 5.74) is 2.07. The van der Waals surface area contributed by atoms with E-state index in [1.165, 1.54) is 5.56 Å². The van der Waals surface area contributed by atoms with E-state index in [2.05, 4.69) is 11.4 Å². The van der Waals surface area contributed by atoms with Gasteiger partial charge in [0.2, 0.25) is 0 Å². The van der Waals surface area contributed by atoms with Crippen molar-refractivity contribution in [3.05, 3.63) is 29.3 Å². The van der Waals surface area contributed by atoms with Crippen LogP contribution in [0, 0.1) is 0 Å². The zero-order valence-corrected chi connectivity index (χ0v) is 11.3. The molecule has 1 spiro atoms. The molecule has 3 rings (SSSR count). The Labute approximate surface area is 109 Å². The summed E-state index contributed by atoms with van der Waals surface area (Å²) in [6.07, 6.45) is 2.83. The molecule has 1 fully saturated rings. The first-order chi connectivity index (χ1) is 8.82. The summed E-state index contributed by atoms with van der Waals surface area (Å²) in [6, 6.07) is 5.81. The lowest BCUT2D eigenvalue weighted by Crippen LogP contribution is -2.44. The van der Waals surface area contributed by atoms with Gasteiger partial charge in [0, 0.05) is 5.56 Å². The number of benzene rings is 1. The van der Waals surface area contributed by atoms with Crippen LogP contribution in [0.5, 0.6) is 5.75 Å². The van der Waals surface area contributed by atoms with Crippen LogP contribution in [0.2, 0.25) is 0 Å². The van der Waals surface area contributed by atoms with Crippen molar-refractivity contribution in [3.8, 4) is 5.75 Å². The minimum Gasteiger partial charge on any atom is -0.508 e. The molecule has 0 amide bonds. The second kappa shape index (κ2) is 5.72. The molecule has 2 aliphatic heterocycles. The maximum Gasteiger partial charge on any atom is 0.121 e. The number of hydrogen-bond donors (Lipinski definition) is 2. The predicted molar refractivity (Wildman–Crippen MR) is 72.9 cm³/mol. The SMILES string of the molecule is CC.Oc1cccc2c1C1(CCNCC1)OCC2. The van der Waals surface area contributed by atoms with Gasteiger partial charge >= 0.3 is 0 Å². The molecule has 2 N–H and O–H groups in total. The summed E-state index contributed by atoms with van der Waals surface area (Å²) >= 11 is 0. The van der Waals surface area contributed by atoms with Crippen LogP contribution >= 0.6 is 0 Å². The molecule has 0 atom stereocenters. The van der Waals surface area contributed by atoms with Gasteiger partial charge in [0.15, 0.2) is 0 Å². The van der Waals surface area contributed by atoms with E-state index in [0.29, 0.717) is 5.75 Å². The van der Waals surface area contributed by atoms with Crippen molar-refractivity contribution in [2.24, 2.45) is 0 Å². The Morgan fingerprint density at radius 2 is 1.94 bits per heavy atom. The highest BCUT2D eigenvalue weighted by Gasteiger charge is 2.40.